The van der Waals surface area contributed by atoms with Gasteiger partial charge in [-0.1, -0.05) is 37.3 Å². The SMILES string of the molecule is CO[SH](=O)=NC[C@@H](C)c1ccccc1. The minimum atomic E-state index is -1.83. The molecule has 0 aromatic heterocycles. The van der Waals surface area contributed by atoms with Crippen LogP contribution in [0.1, 0.15) is 18.4 Å². The largest absolute Gasteiger partial charge is 0.290 e. The van der Waals surface area contributed by atoms with Gasteiger partial charge in [0.1, 0.15) is 0 Å². The lowest BCUT2D eigenvalue weighted by Crippen LogP contribution is -1.97. The molecular weight excluding hydrogens is 198 g/mol. The standard InChI is InChI=1S/C10H15NO2S/c1-9(8-11-14(12)13-2)10-6-4-3-5-7-10/h3-7,9,14H,8H2,1-2H3/t9-/m1/s1. The van der Waals surface area contributed by atoms with Crippen LogP contribution in [0.3, 0.4) is 0 Å². The van der Waals surface area contributed by atoms with Gasteiger partial charge in [-0.05, 0) is 5.56 Å². The van der Waals surface area contributed by atoms with Crippen molar-refractivity contribution in [2.24, 2.45) is 4.36 Å². The number of thiol groups is 1. The van der Waals surface area contributed by atoms with Crippen molar-refractivity contribution in [3.8, 4) is 0 Å². The van der Waals surface area contributed by atoms with Crippen LogP contribution in [-0.4, -0.2) is 17.9 Å². The second kappa shape index (κ2) is 5.78. The lowest BCUT2D eigenvalue weighted by molar-refractivity contribution is 0.451. The van der Waals surface area contributed by atoms with Crippen LogP contribution in [0.4, 0.5) is 0 Å². The van der Waals surface area contributed by atoms with Gasteiger partial charge in [0.25, 0.3) is 0 Å². The molecule has 0 heterocycles. The summed E-state index contributed by atoms with van der Waals surface area (Å²) >= 11 is 0. The Kier molecular flexibility index (Phi) is 4.62. The Morgan fingerprint density at radius 1 is 1.43 bits per heavy atom. The molecule has 1 aromatic rings. The molecule has 0 fully saturated rings. The van der Waals surface area contributed by atoms with E-state index in [0.717, 1.165) is 0 Å². The predicted molar refractivity (Wildman–Crippen MR) is 58.7 cm³/mol. The van der Waals surface area contributed by atoms with Gasteiger partial charge in [0.05, 0.1) is 13.7 Å². The van der Waals surface area contributed by atoms with Crippen LogP contribution < -0.4 is 0 Å². The van der Waals surface area contributed by atoms with Crippen molar-refractivity contribution in [3.63, 3.8) is 0 Å². The first-order valence-corrected chi connectivity index (χ1v) is 5.60. The quantitative estimate of drug-likeness (QED) is 0.777. The lowest BCUT2D eigenvalue weighted by Gasteiger charge is -2.07. The van der Waals surface area contributed by atoms with Crippen molar-refractivity contribution in [3.05, 3.63) is 35.9 Å². The molecule has 0 aliphatic carbocycles. The number of benzene rings is 1. The van der Waals surface area contributed by atoms with Gasteiger partial charge in [-0.2, -0.15) is 0 Å². The highest BCUT2D eigenvalue weighted by molar-refractivity contribution is 7.69. The molecule has 0 bridgehead atoms. The topological polar surface area (TPSA) is 38.7 Å². The number of nitrogens with zero attached hydrogens (tertiary/aromatic N) is 1. The molecule has 0 saturated heterocycles. The highest BCUT2D eigenvalue weighted by atomic mass is 32.2. The minimum absolute atomic E-state index is 0.283. The van der Waals surface area contributed by atoms with E-state index in [-0.39, 0.29) is 5.92 Å². The van der Waals surface area contributed by atoms with Crippen molar-refractivity contribution < 1.29 is 8.39 Å². The molecule has 1 rings (SSSR count). The Morgan fingerprint density at radius 3 is 2.64 bits per heavy atom. The molecular formula is C10H15NO2S. The van der Waals surface area contributed by atoms with Gasteiger partial charge >= 0.3 is 0 Å². The molecule has 0 aliphatic heterocycles. The Morgan fingerprint density at radius 2 is 2.07 bits per heavy atom. The van der Waals surface area contributed by atoms with E-state index in [0.29, 0.717) is 6.54 Å². The molecule has 0 spiro atoms. The third kappa shape index (κ3) is 3.47. The normalized spacial score (nSPS) is 15.3. The van der Waals surface area contributed by atoms with Crippen LogP contribution in [0.25, 0.3) is 0 Å². The molecule has 3 nitrogen and oxygen atoms in total. The van der Waals surface area contributed by atoms with Gasteiger partial charge in [0, 0.05) is 5.92 Å². The van der Waals surface area contributed by atoms with Crippen LogP contribution in [0.15, 0.2) is 34.7 Å². The summed E-state index contributed by atoms with van der Waals surface area (Å²) in [5.74, 6) is 0.283. The number of rotatable bonds is 4. The Labute approximate surface area is 86.5 Å². The second-order valence-electron chi connectivity index (χ2n) is 3.06. The summed E-state index contributed by atoms with van der Waals surface area (Å²) < 4.78 is 19.4. The molecule has 0 radical (unpaired) electrons. The monoisotopic (exact) mass is 213 g/mol. The summed E-state index contributed by atoms with van der Waals surface area (Å²) in [6.45, 7) is 2.59. The fourth-order valence-corrected chi connectivity index (χ4v) is 1.63. The Balaban J connectivity index is 2.60. The first kappa shape index (κ1) is 11.2. The maximum absolute atomic E-state index is 10.9. The predicted octanol–water partition coefficient (Wildman–Crippen LogP) is 2.02. The number of hydrogen-bond donors (Lipinski definition) is 1. The summed E-state index contributed by atoms with van der Waals surface area (Å²) in [5, 5.41) is 0. The van der Waals surface area contributed by atoms with E-state index < -0.39 is 10.9 Å². The van der Waals surface area contributed by atoms with E-state index in [1.165, 1.54) is 12.7 Å². The summed E-state index contributed by atoms with van der Waals surface area (Å²) in [6.07, 6.45) is 0. The smallest absolute Gasteiger partial charge is 0.152 e. The first-order chi connectivity index (χ1) is 6.74. The van der Waals surface area contributed by atoms with E-state index in [1.54, 1.807) is 0 Å². The van der Waals surface area contributed by atoms with Gasteiger partial charge in [-0.3, -0.25) is 4.18 Å². The minimum Gasteiger partial charge on any atom is -0.290 e. The average molecular weight is 213 g/mol. The fourth-order valence-electron chi connectivity index (χ4n) is 1.13. The fraction of sp³-hybridized carbons (Fsp3) is 0.400. The van der Waals surface area contributed by atoms with Crippen molar-refractivity contribution in [2.75, 3.05) is 13.7 Å². The van der Waals surface area contributed by atoms with E-state index >= 15 is 0 Å². The molecule has 4 heteroatoms. The highest BCUT2D eigenvalue weighted by Gasteiger charge is 2.02. The summed E-state index contributed by atoms with van der Waals surface area (Å²) in [7, 11) is -0.428. The molecule has 1 aromatic carbocycles. The number of hydrogen-bond acceptors (Lipinski definition) is 3. The maximum Gasteiger partial charge on any atom is 0.152 e. The summed E-state index contributed by atoms with van der Waals surface area (Å²) in [6, 6.07) is 10.0. The van der Waals surface area contributed by atoms with Crippen LogP contribution in [0.2, 0.25) is 0 Å². The van der Waals surface area contributed by atoms with Crippen molar-refractivity contribution in [1.82, 2.24) is 0 Å². The third-order valence-electron chi connectivity index (χ3n) is 2.00. The van der Waals surface area contributed by atoms with Gasteiger partial charge < -0.3 is 0 Å². The summed E-state index contributed by atoms with van der Waals surface area (Å²) in [5.41, 5.74) is 1.20. The average Bonchev–Trinajstić information content (AvgIpc) is 2.26. The zero-order valence-electron chi connectivity index (χ0n) is 8.38. The van der Waals surface area contributed by atoms with E-state index in [4.69, 9.17) is 0 Å². The van der Waals surface area contributed by atoms with Crippen molar-refractivity contribution in [1.29, 1.82) is 0 Å². The molecule has 14 heavy (non-hydrogen) atoms. The van der Waals surface area contributed by atoms with Gasteiger partial charge in [-0.25, -0.2) is 8.57 Å². The van der Waals surface area contributed by atoms with Crippen molar-refractivity contribution in [2.45, 2.75) is 12.8 Å². The van der Waals surface area contributed by atoms with Gasteiger partial charge in [-0.15, -0.1) is 0 Å². The zero-order valence-corrected chi connectivity index (χ0v) is 9.28. The molecule has 1 unspecified atom stereocenters. The van der Waals surface area contributed by atoms with Crippen LogP contribution in [0.5, 0.6) is 0 Å². The van der Waals surface area contributed by atoms with Crippen molar-refractivity contribution >= 4 is 10.9 Å². The molecule has 0 amide bonds. The summed E-state index contributed by atoms with van der Waals surface area (Å²) in [4.78, 5) is 0. The maximum atomic E-state index is 10.9. The second-order valence-corrected chi connectivity index (χ2v) is 4.18. The Bertz CT molecular complexity index is 344. The zero-order chi connectivity index (χ0) is 10.4. The lowest BCUT2D eigenvalue weighted by atomic mass is 10.0. The molecule has 0 aliphatic rings. The van der Waals surface area contributed by atoms with Crippen LogP contribution in [0, 0.1) is 0 Å². The van der Waals surface area contributed by atoms with E-state index in [9.17, 15) is 4.21 Å². The highest BCUT2D eigenvalue weighted by Crippen LogP contribution is 2.14. The van der Waals surface area contributed by atoms with Gasteiger partial charge in [0.2, 0.25) is 0 Å². The van der Waals surface area contributed by atoms with Crippen LogP contribution in [-0.2, 0) is 15.1 Å². The van der Waals surface area contributed by atoms with E-state index in [2.05, 4.69) is 15.5 Å². The third-order valence-corrected chi connectivity index (χ3v) is 2.70. The molecule has 2 atom stereocenters. The molecule has 0 N–H and O–H groups in total. The first-order valence-electron chi connectivity index (χ1n) is 4.47. The van der Waals surface area contributed by atoms with Gasteiger partial charge in [0.15, 0.2) is 10.9 Å². The molecule has 0 saturated carbocycles. The Hall–Kier alpha value is -0.870. The molecule has 78 valence electrons. The van der Waals surface area contributed by atoms with E-state index in [1.807, 2.05) is 30.3 Å². The van der Waals surface area contributed by atoms with Crippen LogP contribution >= 0.6 is 0 Å².